The van der Waals surface area contributed by atoms with Crippen molar-refractivity contribution in [1.82, 2.24) is 9.13 Å². The minimum absolute atomic E-state index is 0.115. The molecule has 30 heteroatoms. The van der Waals surface area contributed by atoms with Gasteiger partial charge in [-0.05, 0) is 201 Å². The van der Waals surface area contributed by atoms with E-state index in [0.717, 1.165) is 100 Å². The second-order valence-corrected chi connectivity index (χ2v) is 22.9. The number of halogens is 27. The van der Waals surface area contributed by atoms with Gasteiger partial charge >= 0.3 is 55.6 Å². The summed E-state index contributed by atoms with van der Waals surface area (Å²) in [6.07, 6.45) is -49.5. The summed E-state index contributed by atoms with van der Waals surface area (Å²) >= 11 is 0. The quantitative estimate of drug-likeness (QED) is 0.146. The van der Waals surface area contributed by atoms with Gasteiger partial charge in [0.2, 0.25) is 0 Å². The molecule has 0 N–H and O–H groups in total. The molecule has 0 spiro atoms. The molecule has 0 aliphatic heterocycles. The summed E-state index contributed by atoms with van der Waals surface area (Å²) in [7, 11) is 0. The third-order valence-corrected chi connectivity index (χ3v) is 16.4. The van der Waals surface area contributed by atoms with Gasteiger partial charge < -0.3 is 9.13 Å². The Labute approximate surface area is 541 Å². The van der Waals surface area contributed by atoms with Crippen molar-refractivity contribution in [2.45, 2.75) is 55.6 Å². The highest BCUT2D eigenvalue weighted by Crippen LogP contribution is 2.51. The first-order valence-corrected chi connectivity index (χ1v) is 28.3. The van der Waals surface area contributed by atoms with E-state index in [0.29, 0.717) is 0 Å². The maximum absolute atomic E-state index is 17.2. The van der Waals surface area contributed by atoms with Crippen molar-refractivity contribution in [2.75, 3.05) is 0 Å². The van der Waals surface area contributed by atoms with Crippen molar-refractivity contribution in [1.29, 1.82) is 5.26 Å². The van der Waals surface area contributed by atoms with Gasteiger partial charge in [0.05, 0.1) is 89.6 Å². The van der Waals surface area contributed by atoms with E-state index in [2.05, 4.69) is 0 Å². The van der Waals surface area contributed by atoms with Crippen LogP contribution in [0.25, 0.3) is 111 Å². The standard InChI is InChI=1S/C70H30F27N3/c71-62(72,73)43-13-38(14-44(27-43)63(74,75)76)34-4-8-55-51(21-34)52-22-35(39-15-45(64(77,78)79)28-46(16-39)65(80,81)82)5-9-56(52)99(55)59-25-42(33-3-1-2-32(12-33)31-98)26-60(61(59)70(95,96)97)100-57-10-6-36(40-17-47(66(83,84)85)29-48(18-40)67(86,87)88)23-53(57)54-24-37(7-11-58(54)100)41-19-49(68(89,90)91)30-50(20-41)69(92,93)94/h1-30H. The van der Waals surface area contributed by atoms with Gasteiger partial charge in [-0.2, -0.15) is 124 Å². The lowest BCUT2D eigenvalue weighted by Crippen LogP contribution is -2.16. The summed E-state index contributed by atoms with van der Waals surface area (Å²) in [6.45, 7) is 0. The largest absolute Gasteiger partial charge is 0.420 e. The Bertz CT molecular complexity index is 4670. The second kappa shape index (κ2) is 23.3. The number of fused-ring (bicyclic) bond motifs is 6. The molecule has 0 aliphatic carbocycles. The number of nitriles is 1. The highest BCUT2D eigenvalue weighted by molar-refractivity contribution is 6.14. The average molecular weight is 1430 g/mol. The van der Waals surface area contributed by atoms with Crippen molar-refractivity contribution in [3.63, 3.8) is 0 Å². The van der Waals surface area contributed by atoms with Gasteiger partial charge in [-0.15, -0.1) is 0 Å². The van der Waals surface area contributed by atoms with Crippen molar-refractivity contribution >= 4 is 43.6 Å². The Balaban J connectivity index is 1.23. The Morgan fingerprint density at radius 1 is 0.220 bits per heavy atom. The molecule has 12 rings (SSSR count). The highest BCUT2D eigenvalue weighted by Gasteiger charge is 2.44. The molecular weight excluding hydrogens is 1400 g/mol. The highest BCUT2D eigenvalue weighted by atomic mass is 19.4. The van der Waals surface area contributed by atoms with E-state index in [-0.39, 0.29) is 89.5 Å². The van der Waals surface area contributed by atoms with Gasteiger partial charge in [0.1, 0.15) is 5.56 Å². The number of nitrogens with zero attached hydrogens (tertiary/aromatic N) is 3. The zero-order valence-electron chi connectivity index (χ0n) is 48.9. The molecule has 2 aromatic heterocycles. The fourth-order valence-corrected chi connectivity index (χ4v) is 12.0. The molecule has 0 saturated heterocycles. The smallest absolute Gasteiger partial charge is 0.309 e. The summed E-state index contributed by atoms with van der Waals surface area (Å²) in [5.74, 6) is 0. The second-order valence-electron chi connectivity index (χ2n) is 22.9. The summed E-state index contributed by atoms with van der Waals surface area (Å²) in [5, 5.41) is 8.21. The van der Waals surface area contributed by atoms with Crippen LogP contribution in [0, 0.1) is 11.3 Å². The van der Waals surface area contributed by atoms with E-state index in [1.165, 1.54) is 18.2 Å². The van der Waals surface area contributed by atoms with Gasteiger partial charge in [0.25, 0.3) is 0 Å². The molecule has 100 heavy (non-hydrogen) atoms. The first kappa shape index (κ1) is 69.3. The van der Waals surface area contributed by atoms with Crippen LogP contribution in [0.1, 0.15) is 55.6 Å². The molecule has 12 aromatic rings. The average Bonchev–Trinajstić information content (AvgIpc) is 1.53. The van der Waals surface area contributed by atoms with Crippen LogP contribution in [-0.2, 0) is 55.6 Å². The van der Waals surface area contributed by atoms with Crippen LogP contribution < -0.4 is 0 Å². The zero-order valence-corrected chi connectivity index (χ0v) is 48.9. The number of rotatable bonds is 7. The van der Waals surface area contributed by atoms with Gasteiger partial charge in [0.15, 0.2) is 0 Å². The SMILES string of the molecule is N#Cc1cccc(-c2cc(-n3c4ccc(-c5cc(C(F)(F)F)cc(C(F)(F)F)c5)cc4c4cc(-c5cc(C(F)(F)F)cc(C(F)(F)F)c5)ccc43)c(C(F)(F)F)c(-n3c4ccc(-c5cc(C(F)(F)F)cc(C(F)(F)F)c5)cc4c4cc(-c5cc(C(F)(F)F)cc(C(F)(F)F)c5)ccc43)c2)c1. The van der Waals surface area contributed by atoms with Crippen LogP contribution >= 0.6 is 0 Å². The lowest BCUT2D eigenvalue weighted by Gasteiger charge is -2.23. The maximum Gasteiger partial charge on any atom is 0.420 e. The van der Waals surface area contributed by atoms with Crippen molar-refractivity contribution in [3.05, 3.63) is 238 Å². The fraction of sp³-hybridized carbons (Fsp3) is 0.129. The van der Waals surface area contributed by atoms with Gasteiger partial charge in [0, 0.05) is 21.5 Å². The van der Waals surface area contributed by atoms with Gasteiger partial charge in [-0.25, -0.2) is 0 Å². The number of benzene rings is 10. The first-order chi connectivity index (χ1) is 46.1. The van der Waals surface area contributed by atoms with Crippen molar-refractivity contribution in [3.8, 4) is 73.1 Å². The Morgan fingerprint density at radius 3 is 0.650 bits per heavy atom. The summed E-state index contributed by atoms with van der Waals surface area (Å²) in [6, 6.07) is 20.1. The van der Waals surface area contributed by atoms with E-state index in [1.807, 2.05) is 6.07 Å². The lowest BCUT2D eigenvalue weighted by atomic mass is 9.96. The topological polar surface area (TPSA) is 33.6 Å². The van der Waals surface area contributed by atoms with E-state index in [1.54, 1.807) is 0 Å². The molecule has 3 nitrogen and oxygen atoms in total. The molecule has 2 heterocycles. The van der Waals surface area contributed by atoms with Crippen LogP contribution in [-0.4, -0.2) is 9.13 Å². The third-order valence-electron chi connectivity index (χ3n) is 16.4. The summed E-state index contributed by atoms with van der Waals surface area (Å²) in [5.41, 5.74) is -26.9. The van der Waals surface area contributed by atoms with Gasteiger partial charge in [-0.1, -0.05) is 36.4 Å². The zero-order chi connectivity index (χ0) is 72.9. The Hall–Kier alpha value is -10.6. The minimum atomic E-state index is -5.78. The van der Waals surface area contributed by atoms with Crippen LogP contribution in [0.5, 0.6) is 0 Å². The summed E-state index contributed by atoms with van der Waals surface area (Å²) in [4.78, 5) is 0. The lowest BCUT2D eigenvalue weighted by molar-refractivity contribution is -0.144. The van der Waals surface area contributed by atoms with Crippen LogP contribution in [0.15, 0.2) is 182 Å². The van der Waals surface area contributed by atoms with Crippen LogP contribution in [0.3, 0.4) is 0 Å². The van der Waals surface area contributed by atoms with Gasteiger partial charge in [-0.3, -0.25) is 0 Å². The minimum Gasteiger partial charge on any atom is -0.309 e. The van der Waals surface area contributed by atoms with E-state index < -0.39 is 205 Å². The molecule has 0 bridgehead atoms. The molecule has 10 aromatic carbocycles. The fourth-order valence-electron chi connectivity index (χ4n) is 12.0. The van der Waals surface area contributed by atoms with Crippen LogP contribution in [0.4, 0.5) is 119 Å². The Kier molecular flexibility index (Phi) is 16.1. The molecule has 0 atom stereocenters. The monoisotopic (exact) mass is 1430 g/mol. The number of hydrogen-bond donors (Lipinski definition) is 0. The molecule has 0 radical (unpaired) electrons. The predicted octanol–water partition coefficient (Wildman–Crippen LogP) is 25.3. The van der Waals surface area contributed by atoms with E-state index in [9.17, 15) is 111 Å². The molecule has 0 saturated carbocycles. The number of hydrogen-bond acceptors (Lipinski definition) is 1. The third kappa shape index (κ3) is 13.1. The first-order valence-electron chi connectivity index (χ1n) is 28.3. The maximum atomic E-state index is 17.2. The normalized spacial score (nSPS) is 13.3. The van der Waals surface area contributed by atoms with E-state index in [4.69, 9.17) is 0 Å². The van der Waals surface area contributed by atoms with E-state index >= 15 is 13.2 Å². The molecule has 0 unspecified atom stereocenters. The van der Waals surface area contributed by atoms with Crippen molar-refractivity contribution in [2.24, 2.45) is 0 Å². The van der Waals surface area contributed by atoms with Crippen molar-refractivity contribution < 1.29 is 119 Å². The summed E-state index contributed by atoms with van der Waals surface area (Å²) < 4.78 is 398. The molecule has 0 fully saturated rings. The predicted molar refractivity (Wildman–Crippen MR) is 312 cm³/mol. The van der Waals surface area contributed by atoms with Crippen LogP contribution in [0.2, 0.25) is 0 Å². The molecule has 0 aliphatic rings. The molecule has 0 amide bonds. The molecular formula is C70H30F27N3. The number of aromatic nitrogens is 2. The molecule has 514 valence electrons. The number of alkyl halides is 27. The Morgan fingerprint density at radius 2 is 0.440 bits per heavy atom.